The van der Waals surface area contributed by atoms with Crippen molar-refractivity contribution in [1.29, 1.82) is 0 Å². The number of hydrogen-bond acceptors (Lipinski definition) is 3. The van der Waals surface area contributed by atoms with Gasteiger partial charge in [0.1, 0.15) is 5.75 Å². The van der Waals surface area contributed by atoms with Gasteiger partial charge in [-0.2, -0.15) is 0 Å². The molecule has 3 nitrogen and oxygen atoms in total. The van der Waals surface area contributed by atoms with Crippen LogP contribution in [0.5, 0.6) is 5.75 Å². The summed E-state index contributed by atoms with van der Waals surface area (Å²) in [6.07, 6.45) is 1.05. The number of rotatable bonds is 10. The Balaban J connectivity index is 1.33. The number of ether oxygens (including phenoxy) is 1. The van der Waals surface area contributed by atoms with Gasteiger partial charge >= 0.3 is 0 Å². The van der Waals surface area contributed by atoms with Crippen molar-refractivity contribution in [3.05, 3.63) is 120 Å². The summed E-state index contributed by atoms with van der Waals surface area (Å²) in [5.41, 5.74) is 7.50. The summed E-state index contributed by atoms with van der Waals surface area (Å²) in [7, 11) is 1.68. The molecule has 32 heavy (non-hydrogen) atoms. The molecule has 162 valence electrons. The third kappa shape index (κ3) is 6.22. The first-order chi connectivity index (χ1) is 15.8. The molecule has 0 aliphatic carbocycles. The summed E-state index contributed by atoms with van der Waals surface area (Å²) in [6, 6.07) is 36.2. The molecule has 0 atom stereocenters. The van der Waals surface area contributed by atoms with Gasteiger partial charge in [-0.05, 0) is 77.2 Å². The van der Waals surface area contributed by atoms with Gasteiger partial charge < -0.3 is 15.4 Å². The molecule has 2 N–H and O–H groups in total. The van der Waals surface area contributed by atoms with Gasteiger partial charge in [0, 0.05) is 18.8 Å². The summed E-state index contributed by atoms with van der Waals surface area (Å²) in [4.78, 5) is 0. The summed E-state index contributed by atoms with van der Waals surface area (Å²) >= 11 is 0. The van der Waals surface area contributed by atoms with Crippen molar-refractivity contribution in [3.63, 3.8) is 0 Å². The highest BCUT2D eigenvalue weighted by Gasteiger charge is 2.02. The van der Waals surface area contributed by atoms with Crippen LogP contribution in [0.1, 0.15) is 16.7 Å². The number of hydrogen-bond donors (Lipinski definition) is 2. The maximum absolute atomic E-state index is 5.23. The summed E-state index contributed by atoms with van der Waals surface area (Å²) < 4.78 is 5.23. The molecule has 0 saturated carbocycles. The molecule has 0 spiro atoms. The van der Waals surface area contributed by atoms with E-state index in [0.717, 1.165) is 37.5 Å². The van der Waals surface area contributed by atoms with E-state index in [4.69, 9.17) is 4.74 Å². The number of nitrogens with one attached hydrogen (secondary N) is 2. The molecule has 0 fully saturated rings. The second-order valence-electron chi connectivity index (χ2n) is 7.90. The molecule has 4 rings (SSSR count). The third-order valence-electron chi connectivity index (χ3n) is 5.54. The predicted octanol–water partition coefficient (Wildman–Crippen LogP) is 6.31. The van der Waals surface area contributed by atoms with Crippen molar-refractivity contribution in [2.45, 2.75) is 19.5 Å². The quantitative estimate of drug-likeness (QED) is 0.294. The molecular weight excluding hydrogens is 392 g/mol. The third-order valence-corrected chi connectivity index (χ3v) is 5.54. The molecule has 0 heterocycles. The van der Waals surface area contributed by atoms with Crippen molar-refractivity contribution in [2.24, 2.45) is 0 Å². The second-order valence-corrected chi connectivity index (χ2v) is 7.90. The minimum atomic E-state index is 0.779. The van der Waals surface area contributed by atoms with E-state index in [9.17, 15) is 0 Å². The molecule has 0 bridgehead atoms. The highest BCUT2D eigenvalue weighted by Crippen LogP contribution is 2.23. The Morgan fingerprint density at radius 2 is 1.25 bits per heavy atom. The van der Waals surface area contributed by atoms with Gasteiger partial charge in [0.2, 0.25) is 0 Å². The van der Waals surface area contributed by atoms with Crippen molar-refractivity contribution >= 4 is 5.69 Å². The zero-order chi connectivity index (χ0) is 22.0. The highest BCUT2D eigenvalue weighted by atomic mass is 16.5. The Morgan fingerprint density at radius 3 is 1.91 bits per heavy atom. The number of methoxy groups -OCH3 is 1. The summed E-state index contributed by atoms with van der Waals surface area (Å²) in [5, 5.41) is 7.05. The molecule has 0 aliphatic heterocycles. The van der Waals surface area contributed by atoms with Crippen LogP contribution in [0, 0.1) is 0 Å². The summed E-state index contributed by atoms with van der Waals surface area (Å²) in [6.45, 7) is 2.63. The zero-order valence-electron chi connectivity index (χ0n) is 18.6. The number of anilines is 1. The molecule has 4 aromatic carbocycles. The fourth-order valence-electron chi connectivity index (χ4n) is 3.74. The monoisotopic (exact) mass is 422 g/mol. The molecule has 0 aliphatic rings. The average Bonchev–Trinajstić information content (AvgIpc) is 2.87. The van der Waals surface area contributed by atoms with E-state index in [1.165, 1.54) is 27.8 Å². The van der Waals surface area contributed by atoms with Gasteiger partial charge in [-0.3, -0.25) is 0 Å². The first-order valence-electron chi connectivity index (χ1n) is 11.1. The molecular formula is C29H30N2O. The van der Waals surface area contributed by atoms with Crippen LogP contribution in [0.15, 0.2) is 103 Å². The molecule has 4 aromatic rings. The maximum atomic E-state index is 5.23. The van der Waals surface area contributed by atoms with Crippen LogP contribution >= 0.6 is 0 Å². The van der Waals surface area contributed by atoms with Gasteiger partial charge in [0.15, 0.2) is 0 Å². The Hall–Kier alpha value is -3.56. The minimum Gasteiger partial charge on any atom is -0.497 e. The fourth-order valence-corrected chi connectivity index (χ4v) is 3.74. The molecule has 0 saturated heterocycles. The van der Waals surface area contributed by atoms with Crippen LogP contribution in [-0.2, 0) is 19.5 Å². The fraction of sp³-hybridized carbons (Fsp3) is 0.172. The van der Waals surface area contributed by atoms with E-state index < -0.39 is 0 Å². The van der Waals surface area contributed by atoms with Gasteiger partial charge in [0.25, 0.3) is 0 Å². The Bertz CT molecular complexity index is 1110. The van der Waals surface area contributed by atoms with Crippen molar-refractivity contribution in [3.8, 4) is 16.9 Å². The van der Waals surface area contributed by atoms with Crippen LogP contribution in [0.25, 0.3) is 11.1 Å². The van der Waals surface area contributed by atoms with E-state index >= 15 is 0 Å². The molecule has 0 radical (unpaired) electrons. The van der Waals surface area contributed by atoms with Crippen molar-refractivity contribution < 1.29 is 4.74 Å². The minimum absolute atomic E-state index is 0.779. The lowest BCUT2D eigenvalue weighted by molar-refractivity contribution is 0.415. The Kier molecular flexibility index (Phi) is 7.56. The predicted molar refractivity (Wildman–Crippen MR) is 134 cm³/mol. The SMILES string of the molecule is COc1ccc(NCc2cccc(-c3cccc(CNCCc4ccccc4)c3)c2)cc1. The van der Waals surface area contributed by atoms with Crippen molar-refractivity contribution in [1.82, 2.24) is 5.32 Å². The Labute approximate surface area is 191 Å². The lowest BCUT2D eigenvalue weighted by atomic mass is 10.0. The smallest absolute Gasteiger partial charge is 0.119 e. The van der Waals surface area contributed by atoms with Gasteiger partial charge in [-0.15, -0.1) is 0 Å². The normalized spacial score (nSPS) is 10.7. The lowest BCUT2D eigenvalue weighted by Gasteiger charge is -2.11. The topological polar surface area (TPSA) is 33.3 Å². The standard InChI is InChI=1S/C29H30N2O/c1-32-29-15-13-28(14-16-29)31-22-25-10-6-12-27(20-25)26-11-5-9-24(19-26)21-30-18-17-23-7-3-2-4-8-23/h2-16,19-20,30-31H,17-18,21-22H2,1H3. The van der Waals surface area contributed by atoms with Gasteiger partial charge in [-0.1, -0.05) is 66.7 Å². The maximum Gasteiger partial charge on any atom is 0.119 e. The molecule has 0 amide bonds. The van der Waals surface area contributed by atoms with E-state index in [1.807, 2.05) is 24.3 Å². The van der Waals surface area contributed by atoms with Crippen LogP contribution in [0.3, 0.4) is 0 Å². The van der Waals surface area contributed by atoms with E-state index in [0.29, 0.717) is 0 Å². The van der Waals surface area contributed by atoms with Crippen LogP contribution < -0.4 is 15.4 Å². The molecule has 0 aromatic heterocycles. The first kappa shape index (κ1) is 21.7. The Morgan fingerprint density at radius 1 is 0.625 bits per heavy atom. The zero-order valence-corrected chi connectivity index (χ0v) is 18.6. The van der Waals surface area contributed by atoms with Crippen molar-refractivity contribution in [2.75, 3.05) is 19.0 Å². The van der Waals surface area contributed by atoms with Gasteiger partial charge in [0.05, 0.1) is 7.11 Å². The van der Waals surface area contributed by atoms with Crippen LogP contribution in [0.4, 0.5) is 5.69 Å². The number of benzene rings is 4. The first-order valence-corrected chi connectivity index (χ1v) is 11.1. The molecule has 3 heteroatoms. The van der Waals surface area contributed by atoms with Crippen LogP contribution in [-0.4, -0.2) is 13.7 Å². The van der Waals surface area contributed by atoms with E-state index in [1.54, 1.807) is 7.11 Å². The highest BCUT2D eigenvalue weighted by molar-refractivity contribution is 5.65. The van der Waals surface area contributed by atoms with Gasteiger partial charge in [-0.25, -0.2) is 0 Å². The summed E-state index contributed by atoms with van der Waals surface area (Å²) in [5.74, 6) is 0.868. The lowest BCUT2D eigenvalue weighted by Crippen LogP contribution is -2.16. The van der Waals surface area contributed by atoms with E-state index in [-0.39, 0.29) is 0 Å². The average molecular weight is 423 g/mol. The van der Waals surface area contributed by atoms with Crippen LogP contribution in [0.2, 0.25) is 0 Å². The van der Waals surface area contributed by atoms with E-state index in [2.05, 4.69) is 89.5 Å². The molecule has 0 unspecified atom stereocenters. The second kappa shape index (κ2) is 11.2. The largest absolute Gasteiger partial charge is 0.497 e.